The van der Waals surface area contributed by atoms with E-state index in [0.717, 1.165) is 42.6 Å². The van der Waals surface area contributed by atoms with Gasteiger partial charge >= 0.3 is 0 Å². The lowest BCUT2D eigenvalue weighted by Gasteiger charge is -2.38. The highest BCUT2D eigenvalue weighted by atomic mass is 35.6. The molecule has 1 amide bonds. The van der Waals surface area contributed by atoms with Gasteiger partial charge in [-0.25, -0.2) is 0 Å². The monoisotopic (exact) mass is 556 g/mol. The van der Waals surface area contributed by atoms with Gasteiger partial charge in [0, 0.05) is 37.4 Å². The molecule has 36 heavy (non-hydrogen) atoms. The van der Waals surface area contributed by atoms with E-state index in [1.165, 1.54) is 0 Å². The Morgan fingerprint density at radius 1 is 1.11 bits per heavy atom. The Morgan fingerprint density at radius 3 is 2.44 bits per heavy atom. The topological polar surface area (TPSA) is 80.3 Å². The van der Waals surface area contributed by atoms with Crippen LogP contribution >= 0.6 is 34.8 Å². The van der Waals surface area contributed by atoms with Gasteiger partial charge in [0.15, 0.2) is 6.29 Å². The first-order valence-corrected chi connectivity index (χ1v) is 13.1. The number of rotatable bonds is 8. The smallest absolute Gasteiger partial charge is 0.276 e. The number of hydrogen-bond donors (Lipinski definition) is 2. The standard InChI is InChI=1S/C26H31Cl3N2O5/c1-34-16-21-3-2-12-31(21)14-22-13-23(18-6-4-17(15-32)5-7-18)36-24(35-22)19-8-10-20(11-9-19)30-25(33)26(27,28)29/h4-11,21-24,32H,2-3,12-16H2,1H3,(H,30,33). The third-order valence-electron chi connectivity index (χ3n) is 6.61. The van der Waals surface area contributed by atoms with E-state index < -0.39 is 16.0 Å². The number of ether oxygens (including phenoxy) is 3. The number of carbonyl (C=O) groups excluding carboxylic acids is 1. The van der Waals surface area contributed by atoms with Crippen LogP contribution in [0.4, 0.5) is 5.69 Å². The zero-order chi connectivity index (χ0) is 25.7. The molecule has 196 valence electrons. The van der Waals surface area contributed by atoms with E-state index in [9.17, 15) is 9.90 Å². The van der Waals surface area contributed by atoms with Crippen molar-refractivity contribution in [2.24, 2.45) is 0 Å². The average molecular weight is 558 g/mol. The summed E-state index contributed by atoms with van der Waals surface area (Å²) in [7, 11) is 1.74. The fraction of sp³-hybridized carbons (Fsp3) is 0.500. The Kier molecular flexibility index (Phi) is 9.52. The summed E-state index contributed by atoms with van der Waals surface area (Å²) in [5.74, 6) is -0.729. The van der Waals surface area contributed by atoms with E-state index in [-0.39, 0.29) is 18.8 Å². The maximum atomic E-state index is 12.0. The van der Waals surface area contributed by atoms with Gasteiger partial charge in [0.05, 0.1) is 25.4 Å². The van der Waals surface area contributed by atoms with Crippen LogP contribution in [0.3, 0.4) is 0 Å². The second kappa shape index (κ2) is 12.4. The molecule has 0 spiro atoms. The number of anilines is 1. The van der Waals surface area contributed by atoms with Crippen LogP contribution in [0.5, 0.6) is 0 Å². The molecule has 4 unspecified atom stereocenters. The molecule has 2 aliphatic rings. The maximum Gasteiger partial charge on any atom is 0.276 e. The first-order chi connectivity index (χ1) is 17.3. The summed E-state index contributed by atoms with van der Waals surface area (Å²) in [5.41, 5.74) is 3.20. The summed E-state index contributed by atoms with van der Waals surface area (Å²) >= 11 is 16.9. The number of halogens is 3. The molecule has 2 heterocycles. The van der Waals surface area contributed by atoms with Gasteiger partial charge in [-0.2, -0.15) is 0 Å². The molecule has 0 aliphatic carbocycles. The lowest BCUT2D eigenvalue weighted by molar-refractivity contribution is -0.253. The number of aliphatic hydroxyl groups is 1. The van der Waals surface area contributed by atoms with Crippen LogP contribution in [0.25, 0.3) is 0 Å². The Hall–Kier alpha value is -1.42. The van der Waals surface area contributed by atoms with Crippen LogP contribution in [0.1, 0.15) is 48.3 Å². The maximum absolute atomic E-state index is 12.0. The number of amides is 1. The van der Waals surface area contributed by atoms with Gasteiger partial charge in [0.2, 0.25) is 0 Å². The van der Waals surface area contributed by atoms with Crippen LogP contribution < -0.4 is 5.32 Å². The average Bonchev–Trinajstić information content (AvgIpc) is 3.30. The van der Waals surface area contributed by atoms with Gasteiger partial charge in [0.25, 0.3) is 9.70 Å². The molecule has 2 saturated heterocycles. The second-order valence-corrected chi connectivity index (χ2v) is 11.5. The molecule has 4 rings (SSSR count). The van der Waals surface area contributed by atoms with Crippen molar-refractivity contribution in [1.82, 2.24) is 4.90 Å². The van der Waals surface area contributed by atoms with Crippen molar-refractivity contribution in [2.75, 3.05) is 32.1 Å². The van der Waals surface area contributed by atoms with E-state index in [1.54, 1.807) is 19.2 Å². The zero-order valence-electron chi connectivity index (χ0n) is 20.0. The number of benzene rings is 2. The minimum absolute atomic E-state index is 0.00280. The molecule has 0 radical (unpaired) electrons. The van der Waals surface area contributed by atoms with Crippen LogP contribution in [0.15, 0.2) is 48.5 Å². The summed E-state index contributed by atoms with van der Waals surface area (Å²) in [6.45, 7) is 2.51. The third kappa shape index (κ3) is 7.11. The van der Waals surface area contributed by atoms with Crippen molar-refractivity contribution < 1.29 is 24.1 Å². The Bertz CT molecular complexity index is 1000. The number of likely N-dealkylation sites (tertiary alicyclic amines) is 1. The van der Waals surface area contributed by atoms with Gasteiger partial charge in [0.1, 0.15) is 0 Å². The quantitative estimate of drug-likeness (QED) is 0.437. The summed E-state index contributed by atoms with van der Waals surface area (Å²) in [6, 6.07) is 15.3. The van der Waals surface area contributed by atoms with E-state index in [1.807, 2.05) is 36.4 Å². The van der Waals surface area contributed by atoms with Crippen molar-refractivity contribution in [3.8, 4) is 0 Å². The molecule has 0 saturated carbocycles. The van der Waals surface area contributed by atoms with E-state index >= 15 is 0 Å². The van der Waals surface area contributed by atoms with Crippen LogP contribution in [0, 0.1) is 0 Å². The molecular formula is C26H31Cl3N2O5. The molecule has 2 fully saturated rings. The third-order valence-corrected chi connectivity index (χ3v) is 7.12. The fourth-order valence-corrected chi connectivity index (χ4v) is 4.88. The van der Waals surface area contributed by atoms with E-state index in [2.05, 4.69) is 10.2 Å². The zero-order valence-corrected chi connectivity index (χ0v) is 22.3. The predicted octanol–water partition coefficient (Wildman–Crippen LogP) is 5.14. The number of alkyl halides is 3. The number of nitrogens with zero attached hydrogens (tertiary/aromatic N) is 1. The van der Waals surface area contributed by atoms with Crippen molar-refractivity contribution in [3.05, 3.63) is 65.2 Å². The van der Waals surface area contributed by atoms with Gasteiger partial charge in [-0.05, 0) is 42.6 Å². The van der Waals surface area contributed by atoms with Crippen molar-refractivity contribution in [2.45, 2.75) is 54.2 Å². The number of methoxy groups -OCH3 is 1. The molecule has 7 nitrogen and oxygen atoms in total. The highest BCUT2D eigenvalue weighted by molar-refractivity contribution is 6.76. The largest absolute Gasteiger partial charge is 0.392 e. The Morgan fingerprint density at radius 2 is 1.81 bits per heavy atom. The lowest BCUT2D eigenvalue weighted by Crippen LogP contribution is -2.42. The van der Waals surface area contributed by atoms with Crippen LogP contribution in [0.2, 0.25) is 0 Å². The summed E-state index contributed by atoms with van der Waals surface area (Å²) in [5, 5.41) is 12.0. The first-order valence-electron chi connectivity index (χ1n) is 12.0. The van der Waals surface area contributed by atoms with Gasteiger partial charge in [-0.1, -0.05) is 71.2 Å². The number of nitrogens with one attached hydrogen (secondary N) is 1. The molecular weight excluding hydrogens is 527 g/mol. The van der Waals surface area contributed by atoms with Crippen molar-refractivity contribution in [1.29, 1.82) is 0 Å². The minimum atomic E-state index is -2.05. The predicted molar refractivity (Wildman–Crippen MR) is 140 cm³/mol. The Balaban J connectivity index is 1.51. The number of aliphatic hydroxyl groups excluding tert-OH is 1. The summed E-state index contributed by atoms with van der Waals surface area (Å²) in [4.78, 5) is 14.4. The van der Waals surface area contributed by atoms with Gasteiger partial charge in [-0.15, -0.1) is 0 Å². The first kappa shape index (κ1) is 27.6. The summed E-state index contributed by atoms with van der Waals surface area (Å²) in [6.07, 6.45) is 2.17. The molecule has 2 aliphatic heterocycles. The molecule has 0 bridgehead atoms. The van der Waals surface area contributed by atoms with Crippen LogP contribution in [-0.4, -0.2) is 58.7 Å². The van der Waals surface area contributed by atoms with Crippen molar-refractivity contribution >= 4 is 46.4 Å². The molecule has 0 aromatic heterocycles. The van der Waals surface area contributed by atoms with Crippen molar-refractivity contribution in [3.63, 3.8) is 0 Å². The molecule has 10 heteroatoms. The van der Waals surface area contributed by atoms with Crippen LogP contribution in [-0.2, 0) is 25.6 Å². The Labute approximate surface area is 226 Å². The van der Waals surface area contributed by atoms with E-state index in [4.69, 9.17) is 49.0 Å². The van der Waals surface area contributed by atoms with Gasteiger partial charge < -0.3 is 24.6 Å². The normalized spacial score (nSPS) is 25.1. The SMILES string of the molecule is COCC1CCCN1CC1CC(c2ccc(CO)cc2)OC(c2ccc(NC(=O)C(Cl)(Cl)Cl)cc2)O1. The minimum Gasteiger partial charge on any atom is -0.392 e. The molecule has 2 aromatic rings. The number of carbonyl (C=O) groups is 1. The molecule has 2 N–H and O–H groups in total. The molecule has 2 aromatic carbocycles. The van der Waals surface area contributed by atoms with E-state index in [0.29, 0.717) is 24.8 Å². The number of hydrogen-bond acceptors (Lipinski definition) is 6. The highest BCUT2D eigenvalue weighted by Crippen LogP contribution is 2.39. The summed E-state index contributed by atoms with van der Waals surface area (Å²) < 4.78 is 16.2. The second-order valence-electron chi connectivity index (χ2n) is 9.17. The fourth-order valence-electron chi connectivity index (χ4n) is 4.74. The highest BCUT2D eigenvalue weighted by Gasteiger charge is 2.36. The molecule has 4 atom stereocenters. The lowest BCUT2D eigenvalue weighted by atomic mass is 9.99. The van der Waals surface area contributed by atoms with Gasteiger partial charge in [-0.3, -0.25) is 9.69 Å².